The van der Waals surface area contributed by atoms with Gasteiger partial charge < -0.3 is 4.74 Å². The molecule has 22 heavy (non-hydrogen) atoms. The fourth-order valence-corrected chi connectivity index (χ4v) is 2.64. The van der Waals surface area contributed by atoms with Crippen molar-refractivity contribution in [1.82, 2.24) is 14.8 Å². The van der Waals surface area contributed by atoms with Crippen LogP contribution in [0.4, 0.5) is 0 Å². The summed E-state index contributed by atoms with van der Waals surface area (Å²) in [6.45, 7) is 0. The van der Waals surface area contributed by atoms with Crippen LogP contribution < -0.4 is 0 Å². The first-order valence-corrected chi connectivity index (χ1v) is 7.64. The van der Waals surface area contributed by atoms with Gasteiger partial charge in [0.15, 0.2) is 5.82 Å². The molecule has 3 rings (SSSR count). The quantitative estimate of drug-likeness (QED) is 0.639. The number of hydrogen-bond donors (Lipinski definition) is 0. The van der Waals surface area contributed by atoms with Gasteiger partial charge in [0.05, 0.1) is 0 Å². The van der Waals surface area contributed by atoms with Gasteiger partial charge in [-0.05, 0) is 37.8 Å². The Morgan fingerprint density at radius 3 is 2.95 bits per heavy atom. The van der Waals surface area contributed by atoms with Crippen molar-refractivity contribution in [2.24, 2.45) is 0 Å². The van der Waals surface area contributed by atoms with Gasteiger partial charge in [-0.25, -0.2) is 14.5 Å². The van der Waals surface area contributed by atoms with Crippen LogP contribution in [0.2, 0.25) is 5.02 Å². The molecule has 1 aliphatic rings. The molecule has 0 aliphatic heterocycles. The smallest absolute Gasteiger partial charge is 0.332 e. The Kier molecular flexibility index (Phi) is 4.53. The van der Waals surface area contributed by atoms with Crippen molar-refractivity contribution in [3.8, 4) is 11.4 Å². The number of hydrogen-bond acceptors (Lipinski definition) is 4. The predicted octanol–water partition coefficient (Wildman–Crippen LogP) is 3.56. The van der Waals surface area contributed by atoms with Gasteiger partial charge in [-0.1, -0.05) is 23.7 Å². The molecule has 0 spiro atoms. The molecule has 0 amide bonds. The van der Waals surface area contributed by atoms with Gasteiger partial charge in [0.25, 0.3) is 0 Å². The molecule has 0 bridgehead atoms. The number of benzene rings is 1. The second kappa shape index (κ2) is 6.75. The minimum absolute atomic E-state index is 0.0647. The van der Waals surface area contributed by atoms with Crippen LogP contribution in [0, 0.1) is 0 Å². The van der Waals surface area contributed by atoms with Crippen LogP contribution in [0.3, 0.4) is 0 Å². The van der Waals surface area contributed by atoms with Gasteiger partial charge in [0.2, 0.25) is 0 Å². The third-order valence-corrected chi connectivity index (χ3v) is 3.77. The average molecular weight is 318 g/mol. The molecule has 0 N–H and O–H groups in total. The van der Waals surface area contributed by atoms with Crippen LogP contribution in [0.1, 0.15) is 25.7 Å². The molecule has 0 atom stereocenters. The summed E-state index contributed by atoms with van der Waals surface area (Å²) in [5.74, 6) is 0.211. The van der Waals surface area contributed by atoms with Gasteiger partial charge in [0.1, 0.15) is 12.4 Å². The lowest BCUT2D eigenvalue weighted by Gasteiger charge is -2.08. The highest BCUT2D eigenvalue weighted by Gasteiger charge is 2.17. The lowest BCUT2D eigenvalue weighted by atomic mass is 10.2. The molecular formula is C16H16ClN3O2. The largest absolute Gasteiger partial charge is 0.459 e. The van der Waals surface area contributed by atoms with Crippen molar-refractivity contribution < 1.29 is 9.53 Å². The van der Waals surface area contributed by atoms with E-state index in [2.05, 4.69) is 10.1 Å². The highest BCUT2D eigenvalue weighted by Crippen LogP contribution is 2.21. The van der Waals surface area contributed by atoms with E-state index in [1.807, 2.05) is 12.1 Å². The van der Waals surface area contributed by atoms with Gasteiger partial charge in [-0.15, -0.1) is 5.10 Å². The second-order valence-electron chi connectivity index (χ2n) is 5.22. The zero-order valence-corrected chi connectivity index (χ0v) is 12.7. The van der Waals surface area contributed by atoms with Gasteiger partial charge in [-0.2, -0.15) is 0 Å². The molecule has 6 heteroatoms. The van der Waals surface area contributed by atoms with Crippen LogP contribution in [-0.4, -0.2) is 26.8 Å². The average Bonchev–Trinajstić information content (AvgIpc) is 3.16. The summed E-state index contributed by atoms with van der Waals surface area (Å²) < 4.78 is 6.81. The summed E-state index contributed by atoms with van der Waals surface area (Å²) in [5.41, 5.74) is 0.827. The van der Waals surface area contributed by atoms with Crippen LogP contribution in [0.15, 0.2) is 36.7 Å². The summed E-state index contributed by atoms with van der Waals surface area (Å²) in [4.78, 5) is 15.9. The van der Waals surface area contributed by atoms with Crippen molar-refractivity contribution in [2.45, 2.75) is 31.8 Å². The molecule has 0 saturated heterocycles. The molecule has 1 aromatic heterocycles. The van der Waals surface area contributed by atoms with E-state index in [9.17, 15) is 4.79 Å². The molecular weight excluding hydrogens is 302 g/mol. The number of halogens is 1. The van der Waals surface area contributed by atoms with Crippen molar-refractivity contribution in [3.63, 3.8) is 0 Å². The van der Waals surface area contributed by atoms with E-state index in [0.29, 0.717) is 10.8 Å². The predicted molar refractivity (Wildman–Crippen MR) is 84.1 cm³/mol. The molecule has 1 aromatic carbocycles. The number of carbonyl (C=O) groups is 1. The molecule has 1 heterocycles. The molecule has 2 aromatic rings. The molecule has 1 aliphatic carbocycles. The lowest BCUT2D eigenvalue weighted by molar-refractivity contribution is -0.142. The Balaban J connectivity index is 1.63. The maximum absolute atomic E-state index is 11.7. The fourth-order valence-electron chi connectivity index (χ4n) is 2.45. The molecule has 5 nitrogen and oxygen atoms in total. The number of aromatic nitrogens is 3. The standard InChI is InChI=1S/C16H16ClN3O2/c17-13-5-3-4-12(10-13)16-18-11-20(19-16)9-8-15(21)22-14-6-1-2-7-14/h3-5,8-11,14H,1-2,6-7H2/b9-8+. The van der Waals surface area contributed by atoms with Gasteiger partial charge in [0, 0.05) is 22.9 Å². The minimum atomic E-state index is -0.341. The molecule has 0 radical (unpaired) electrons. The Bertz CT molecular complexity index is 690. The van der Waals surface area contributed by atoms with Crippen molar-refractivity contribution in [1.29, 1.82) is 0 Å². The number of ether oxygens (including phenoxy) is 1. The third kappa shape index (κ3) is 3.74. The maximum Gasteiger partial charge on any atom is 0.332 e. The van der Waals surface area contributed by atoms with E-state index in [1.54, 1.807) is 18.3 Å². The normalized spacial score (nSPS) is 15.5. The Morgan fingerprint density at radius 2 is 2.18 bits per heavy atom. The van der Waals surface area contributed by atoms with Crippen molar-refractivity contribution in [2.75, 3.05) is 0 Å². The highest BCUT2D eigenvalue weighted by molar-refractivity contribution is 6.30. The van der Waals surface area contributed by atoms with E-state index >= 15 is 0 Å². The van der Waals surface area contributed by atoms with Crippen LogP contribution in [-0.2, 0) is 9.53 Å². The van der Waals surface area contributed by atoms with E-state index < -0.39 is 0 Å². The number of rotatable bonds is 4. The Morgan fingerprint density at radius 1 is 1.36 bits per heavy atom. The summed E-state index contributed by atoms with van der Waals surface area (Å²) >= 11 is 5.95. The zero-order chi connectivity index (χ0) is 15.4. The number of nitrogens with zero attached hydrogens (tertiary/aromatic N) is 3. The number of carbonyl (C=O) groups excluding carboxylic acids is 1. The first kappa shape index (κ1) is 14.8. The van der Waals surface area contributed by atoms with Gasteiger partial charge >= 0.3 is 5.97 Å². The first-order chi connectivity index (χ1) is 10.7. The number of esters is 1. The van der Waals surface area contributed by atoms with Crippen LogP contribution >= 0.6 is 11.6 Å². The van der Waals surface area contributed by atoms with Crippen LogP contribution in [0.25, 0.3) is 17.6 Å². The van der Waals surface area contributed by atoms with E-state index in [4.69, 9.17) is 16.3 Å². The topological polar surface area (TPSA) is 57.0 Å². The third-order valence-electron chi connectivity index (χ3n) is 3.54. The van der Waals surface area contributed by atoms with E-state index in [-0.39, 0.29) is 12.1 Å². The summed E-state index contributed by atoms with van der Waals surface area (Å²) in [5, 5.41) is 4.91. The Labute approximate surface area is 133 Å². The van der Waals surface area contributed by atoms with Crippen molar-refractivity contribution in [3.05, 3.63) is 41.7 Å². The summed E-state index contributed by atoms with van der Waals surface area (Å²) in [6, 6.07) is 7.30. The molecule has 1 saturated carbocycles. The summed E-state index contributed by atoms with van der Waals surface area (Å²) in [7, 11) is 0. The zero-order valence-electron chi connectivity index (χ0n) is 12.0. The van der Waals surface area contributed by atoms with Crippen LogP contribution in [0.5, 0.6) is 0 Å². The van der Waals surface area contributed by atoms with Crippen molar-refractivity contribution >= 4 is 23.8 Å². The molecule has 114 valence electrons. The SMILES string of the molecule is O=C(/C=C/n1cnc(-c2cccc(Cl)c2)n1)OC1CCCC1. The highest BCUT2D eigenvalue weighted by atomic mass is 35.5. The second-order valence-corrected chi connectivity index (χ2v) is 5.65. The monoisotopic (exact) mass is 317 g/mol. The minimum Gasteiger partial charge on any atom is -0.459 e. The fraction of sp³-hybridized carbons (Fsp3) is 0.312. The summed E-state index contributed by atoms with van der Waals surface area (Å²) in [6.07, 6.45) is 8.70. The molecule has 1 fully saturated rings. The van der Waals surface area contributed by atoms with E-state index in [0.717, 1.165) is 31.2 Å². The molecule has 0 unspecified atom stereocenters. The Hall–Kier alpha value is -2.14. The first-order valence-electron chi connectivity index (χ1n) is 7.26. The van der Waals surface area contributed by atoms with E-state index in [1.165, 1.54) is 17.1 Å². The maximum atomic E-state index is 11.7. The lowest BCUT2D eigenvalue weighted by Crippen LogP contribution is -2.12. The van der Waals surface area contributed by atoms with Gasteiger partial charge in [-0.3, -0.25) is 0 Å².